The van der Waals surface area contributed by atoms with Gasteiger partial charge in [-0.25, -0.2) is 4.98 Å². The van der Waals surface area contributed by atoms with Crippen LogP contribution < -0.4 is 0 Å². The minimum absolute atomic E-state index is 0.0895. The molecular weight excluding hydrogens is 294 g/mol. The SMILES string of the molecule is Cc1noc(CN(C)C(=O)c2cccc(Cn3ccnc3)c2)n1. The van der Waals surface area contributed by atoms with Gasteiger partial charge in [-0.3, -0.25) is 4.79 Å². The zero-order valence-electron chi connectivity index (χ0n) is 13.0. The lowest BCUT2D eigenvalue weighted by Gasteiger charge is -2.15. The number of hydrogen-bond acceptors (Lipinski definition) is 5. The van der Waals surface area contributed by atoms with E-state index in [1.165, 1.54) is 0 Å². The molecule has 118 valence electrons. The zero-order chi connectivity index (χ0) is 16.2. The van der Waals surface area contributed by atoms with Crippen molar-refractivity contribution in [2.24, 2.45) is 0 Å². The molecule has 2 aromatic heterocycles. The van der Waals surface area contributed by atoms with Crippen molar-refractivity contribution in [1.82, 2.24) is 24.6 Å². The Morgan fingerprint density at radius 2 is 2.26 bits per heavy atom. The molecular formula is C16H17N5O2. The maximum absolute atomic E-state index is 12.5. The number of imidazole rings is 1. The van der Waals surface area contributed by atoms with Crippen LogP contribution in [0, 0.1) is 6.92 Å². The van der Waals surface area contributed by atoms with E-state index in [-0.39, 0.29) is 12.5 Å². The third-order valence-corrected chi connectivity index (χ3v) is 3.39. The number of carbonyl (C=O) groups is 1. The molecule has 23 heavy (non-hydrogen) atoms. The van der Waals surface area contributed by atoms with Gasteiger partial charge in [0.15, 0.2) is 5.82 Å². The Balaban J connectivity index is 1.71. The Bertz CT molecular complexity index is 794. The molecule has 0 bridgehead atoms. The monoisotopic (exact) mass is 311 g/mol. The van der Waals surface area contributed by atoms with Gasteiger partial charge in [-0.1, -0.05) is 17.3 Å². The van der Waals surface area contributed by atoms with Crippen LogP contribution in [-0.2, 0) is 13.1 Å². The van der Waals surface area contributed by atoms with Crippen LogP contribution in [0.15, 0.2) is 47.5 Å². The number of amides is 1. The highest BCUT2D eigenvalue weighted by atomic mass is 16.5. The summed E-state index contributed by atoms with van der Waals surface area (Å²) in [6.07, 6.45) is 5.37. The van der Waals surface area contributed by atoms with E-state index in [1.54, 1.807) is 37.5 Å². The maximum atomic E-state index is 12.5. The predicted molar refractivity (Wildman–Crippen MR) is 82.6 cm³/mol. The van der Waals surface area contributed by atoms with E-state index in [2.05, 4.69) is 15.1 Å². The Morgan fingerprint density at radius 1 is 1.39 bits per heavy atom. The normalized spacial score (nSPS) is 10.7. The Labute approximate surface area is 133 Å². The van der Waals surface area contributed by atoms with Crippen LogP contribution >= 0.6 is 0 Å². The van der Waals surface area contributed by atoms with Crippen molar-refractivity contribution in [2.75, 3.05) is 7.05 Å². The van der Waals surface area contributed by atoms with Gasteiger partial charge in [-0.05, 0) is 24.6 Å². The number of nitrogens with zero attached hydrogens (tertiary/aromatic N) is 5. The van der Waals surface area contributed by atoms with Gasteiger partial charge < -0.3 is 14.0 Å². The lowest BCUT2D eigenvalue weighted by Crippen LogP contribution is -2.26. The second-order valence-electron chi connectivity index (χ2n) is 5.33. The first kappa shape index (κ1) is 15.0. The summed E-state index contributed by atoms with van der Waals surface area (Å²) in [6.45, 7) is 2.70. The molecule has 3 rings (SSSR count). The van der Waals surface area contributed by atoms with E-state index in [1.807, 2.05) is 29.0 Å². The molecule has 0 unspecified atom stereocenters. The van der Waals surface area contributed by atoms with Crippen LogP contribution in [-0.4, -0.2) is 37.5 Å². The number of carbonyl (C=O) groups excluding carboxylic acids is 1. The van der Waals surface area contributed by atoms with E-state index < -0.39 is 0 Å². The van der Waals surface area contributed by atoms with E-state index in [0.717, 1.165) is 5.56 Å². The average molecular weight is 311 g/mol. The molecule has 1 aromatic carbocycles. The van der Waals surface area contributed by atoms with Gasteiger partial charge in [0, 0.05) is 31.5 Å². The van der Waals surface area contributed by atoms with Gasteiger partial charge in [-0.15, -0.1) is 0 Å². The van der Waals surface area contributed by atoms with Gasteiger partial charge in [0.1, 0.15) is 0 Å². The van der Waals surface area contributed by atoms with Gasteiger partial charge >= 0.3 is 0 Å². The standard InChI is InChI=1S/C16H17N5O2/c1-12-18-15(23-19-12)10-20(2)16(22)14-5-3-4-13(8-14)9-21-7-6-17-11-21/h3-8,11H,9-10H2,1-2H3. The second kappa shape index (κ2) is 6.43. The highest BCUT2D eigenvalue weighted by Gasteiger charge is 2.15. The molecule has 0 atom stereocenters. The molecule has 1 amide bonds. The van der Waals surface area contributed by atoms with Gasteiger partial charge in [0.25, 0.3) is 5.91 Å². The molecule has 2 heterocycles. The summed E-state index contributed by atoms with van der Waals surface area (Å²) in [7, 11) is 1.71. The van der Waals surface area contributed by atoms with Gasteiger partial charge in [0.05, 0.1) is 12.9 Å². The van der Waals surface area contributed by atoms with Crippen molar-refractivity contribution in [3.63, 3.8) is 0 Å². The average Bonchev–Trinajstić information content (AvgIpc) is 3.18. The van der Waals surface area contributed by atoms with E-state index >= 15 is 0 Å². The summed E-state index contributed by atoms with van der Waals surface area (Å²) in [5, 5.41) is 3.72. The molecule has 0 fully saturated rings. The number of benzene rings is 1. The van der Waals surface area contributed by atoms with Gasteiger partial charge in [-0.2, -0.15) is 4.98 Å². The summed E-state index contributed by atoms with van der Waals surface area (Å²) in [4.78, 5) is 22.2. The van der Waals surface area contributed by atoms with Crippen LogP contribution in [0.3, 0.4) is 0 Å². The zero-order valence-corrected chi connectivity index (χ0v) is 13.0. The highest BCUT2D eigenvalue weighted by molar-refractivity contribution is 5.94. The molecule has 3 aromatic rings. The van der Waals surface area contributed by atoms with E-state index in [4.69, 9.17) is 4.52 Å². The minimum atomic E-state index is -0.0895. The third-order valence-electron chi connectivity index (χ3n) is 3.39. The second-order valence-corrected chi connectivity index (χ2v) is 5.33. The third kappa shape index (κ3) is 3.63. The molecule has 0 spiro atoms. The van der Waals surface area contributed by atoms with Crippen LogP contribution in [0.2, 0.25) is 0 Å². The number of aryl methyl sites for hydroxylation is 1. The number of aromatic nitrogens is 4. The van der Waals surface area contributed by atoms with E-state index in [0.29, 0.717) is 23.8 Å². The molecule has 0 aliphatic carbocycles. The summed E-state index contributed by atoms with van der Waals surface area (Å²) in [5.74, 6) is 0.893. The number of hydrogen-bond donors (Lipinski definition) is 0. The van der Waals surface area contributed by atoms with Crippen LogP contribution in [0.4, 0.5) is 0 Å². The van der Waals surface area contributed by atoms with Crippen molar-refractivity contribution in [1.29, 1.82) is 0 Å². The first-order valence-corrected chi connectivity index (χ1v) is 7.21. The lowest BCUT2D eigenvalue weighted by molar-refractivity contribution is 0.0769. The summed E-state index contributed by atoms with van der Waals surface area (Å²) in [6, 6.07) is 7.55. The Morgan fingerprint density at radius 3 is 2.96 bits per heavy atom. The molecule has 0 radical (unpaired) electrons. The van der Waals surface area contributed by atoms with E-state index in [9.17, 15) is 4.79 Å². The Hall–Kier alpha value is -2.96. The highest BCUT2D eigenvalue weighted by Crippen LogP contribution is 2.11. The van der Waals surface area contributed by atoms with Crippen LogP contribution in [0.25, 0.3) is 0 Å². The molecule has 7 nitrogen and oxygen atoms in total. The molecule has 0 aliphatic heterocycles. The van der Waals surface area contributed by atoms with Crippen LogP contribution in [0.5, 0.6) is 0 Å². The molecule has 0 saturated carbocycles. The number of rotatable bonds is 5. The molecule has 0 aliphatic rings. The fourth-order valence-corrected chi connectivity index (χ4v) is 2.29. The first-order valence-electron chi connectivity index (χ1n) is 7.21. The van der Waals surface area contributed by atoms with Crippen molar-refractivity contribution in [2.45, 2.75) is 20.0 Å². The maximum Gasteiger partial charge on any atom is 0.254 e. The summed E-state index contributed by atoms with van der Waals surface area (Å²) >= 11 is 0. The smallest absolute Gasteiger partial charge is 0.254 e. The largest absolute Gasteiger partial charge is 0.337 e. The van der Waals surface area contributed by atoms with Crippen molar-refractivity contribution >= 4 is 5.91 Å². The summed E-state index contributed by atoms with van der Waals surface area (Å²) in [5.41, 5.74) is 1.66. The molecule has 0 N–H and O–H groups in total. The fraction of sp³-hybridized carbons (Fsp3) is 0.250. The quantitative estimate of drug-likeness (QED) is 0.719. The fourth-order valence-electron chi connectivity index (χ4n) is 2.29. The lowest BCUT2D eigenvalue weighted by atomic mass is 10.1. The van der Waals surface area contributed by atoms with Crippen molar-refractivity contribution in [3.8, 4) is 0 Å². The van der Waals surface area contributed by atoms with Gasteiger partial charge in [0.2, 0.25) is 5.89 Å². The van der Waals surface area contributed by atoms with Crippen molar-refractivity contribution < 1.29 is 9.32 Å². The molecule has 7 heteroatoms. The Kier molecular flexibility index (Phi) is 4.18. The summed E-state index contributed by atoms with van der Waals surface area (Å²) < 4.78 is 7.00. The topological polar surface area (TPSA) is 77.0 Å². The first-order chi connectivity index (χ1) is 11.1. The van der Waals surface area contributed by atoms with Crippen LogP contribution in [0.1, 0.15) is 27.6 Å². The predicted octanol–water partition coefficient (Wildman–Crippen LogP) is 1.90. The molecule has 0 saturated heterocycles. The minimum Gasteiger partial charge on any atom is -0.337 e. The van der Waals surface area contributed by atoms with Crippen molar-refractivity contribution in [3.05, 3.63) is 65.8 Å².